The molecule has 2 rings (SSSR count). The van der Waals surface area contributed by atoms with Crippen LogP contribution < -0.4 is 9.62 Å². The number of unbranched alkanes of at least 4 members (excludes halogenated alkanes) is 1. The minimum absolute atomic E-state index is 0.0285. The second-order valence-electron chi connectivity index (χ2n) is 8.51. The van der Waals surface area contributed by atoms with Crippen molar-refractivity contribution in [2.45, 2.75) is 52.1 Å². The van der Waals surface area contributed by atoms with Gasteiger partial charge in [-0.15, -0.1) is 0 Å². The van der Waals surface area contributed by atoms with Gasteiger partial charge >= 0.3 is 0 Å². The summed E-state index contributed by atoms with van der Waals surface area (Å²) in [7, 11) is -3.81. The highest BCUT2D eigenvalue weighted by Crippen LogP contribution is 2.22. The summed E-state index contributed by atoms with van der Waals surface area (Å²) >= 11 is 3.38. The molecule has 7 nitrogen and oxygen atoms in total. The number of amides is 2. The molecule has 0 aliphatic carbocycles. The van der Waals surface area contributed by atoms with Crippen molar-refractivity contribution < 1.29 is 26.8 Å². The zero-order chi connectivity index (χ0) is 26.9. The minimum Gasteiger partial charge on any atom is -0.354 e. The molecule has 0 saturated heterocycles. The normalized spacial score (nSPS) is 12.2. The van der Waals surface area contributed by atoms with Crippen LogP contribution in [0.15, 0.2) is 46.9 Å². The van der Waals surface area contributed by atoms with Crippen LogP contribution >= 0.6 is 15.9 Å². The molecule has 11 heteroatoms. The quantitative estimate of drug-likeness (QED) is 0.347. The number of hydrogen-bond donors (Lipinski definition) is 1. The van der Waals surface area contributed by atoms with Crippen LogP contribution in [0.4, 0.5) is 14.5 Å². The summed E-state index contributed by atoms with van der Waals surface area (Å²) in [5, 5.41) is 2.85. The molecule has 0 aromatic heterocycles. The molecule has 0 bridgehead atoms. The van der Waals surface area contributed by atoms with Crippen LogP contribution in [0.1, 0.15) is 45.1 Å². The van der Waals surface area contributed by atoms with Crippen LogP contribution in [0.2, 0.25) is 0 Å². The third-order valence-electron chi connectivity index (χ3n) is 5.61. The van der Waals surface area contributed by atoms with Gasteiger partial charge in [-0.25, -0.2) is 17.2 Å². The topological polar surface area (TPSA) is 86.8 Å². The van der Waals surface area contributed by atoms with Crippen LogP contribution in [-0.4, -0.2) is 50.5 Å². The van der Waals surface area contributed by atoms with Crippen LogP contribution in [0.3, 0.4) is 0 Å². The van der Waals surface area contributed by atoms with Gasteiger partial charge in [-0.2, -0.15) is 0 Å². The Bertz CT molecular complexity index is 1150. The van der Waals surface area contributed by atoms with Gasteiger partial charge in [-0.1, -0.05) is 41.4 Å². The highest BCUT2D eigenvalue weighted by molar-refractivity contribution is 9.10. The average molecular weight is 589 g/mol. The number of nitrogens with one attached hydrogen (secondary N) is 1. The molecule has 2 aromatic carbocycles. The molecule has 1 atom stereocenters. The molecule has 0 radical (unpaired) electrons. The lowest BCUT2D eigenvalue weighted by molar-refractivity contribution is -0.140. The lowest BCUT2D eigenvalue weighted by Crippen LogP contribution is -2.48. The Labute approximate surface area is 220 Å². The summed E-state index contributed by atoms with van der Waals surface area (Å²) in [5.41, 5.74) is 0.804. The van der Waals surface area contributed by atoms with Gasteiger partial charge in [0.05, 0.1) is 11.9 Å². The van der Waals surface area contributed by atoms with Crippen molar-refractivity contribution in [3.8, 4) is 0 Å². The van der Waals surface area contributed by atoms with Gasteiger partial charge in [-0.05, 0) is 49.6 Å². The van der Waals surface area contributed by atoms with E-state index < -0.39 is 27.7 Å². The first-order valence-corrected chi connectivity index (χ1v) is 14.3. The number of anilines is 1. The van der Waals surface area contributed by atoms with Gasteiger partial charge in [-0.3, -0.25) is 13.9 Å². The van der Waals surface area contributed by atoms with Crippen LogP contribution in [0.5, 0.6) is 0 Å². The largest absolute Gasteiger partial charge is 0.354 e. The SMILES string of the molecule is CCCCNC(=O)C(C)N(Cc1ccc(Br)cc1)C(=O)CCCN(c1ccc(F)c(F)c1)S(C)(=O)=O. The molecule has 1 N–H and O–H groups in total. The predicted molar refractivity (Wildman–Crippen MR) is 140 cm³/mol. The first-order valence-electron chi connectivity index (χ1n) is 11.7. The Balaban J connectivity index is 2.15. The zero-order valence-corrected chi connectivity index (χ0v) is 23.0. The van der Waals surface area contributed by atoms with Gasteiger partial charge < -0.3 is 10.2 Å². The molecule has 36 heavy (non-hydrogen) atoms. The summed E-state index contributed by atoms with van der Waals surface area (Å²) in [5.74, 6) is -2.85. The van der Waals surface area contributed by atoms with E-state index in [1.54, 1.807) is 6.92 Å². The van der Waals surface area contributed by atoms with Gasteiger partial charge in [0, 0.05) is 36.6 Å². The molecular formula is C25H32BrF2N3O4S. The van der Waals surface area contributed by atoms with E-state index in [-0.39, 0.29) is 43.4 Å². The summed E-state index contributed by atoms with van der Waals surface area (Å²) in [6, 6.07) is 9.47. The van der Waals surface area contributed by atoms with Gasteiger partial charge in [0.15, 0.2) is 11.6 Å². The molecule has 1 unspecified atom stereocenters. The number of rotatable bonds is 13. The maximum atomic E-state index is 13.7. The standard InChI is InChI=1S/C25H32BrF2N3O4S/c1-4-5-14-29-25(33)18(2)30(17-19-8-10-20(26)11-9-19)24(32)7-6-15-31(36(3,34)35)21-12-13-22(27)23(28)16-21/h8-13,16,18H,4-7,14-15,17H2,1-3H3,(H,29,33). The van der Waals surface area contributed by atoms with Gasteiger partial charge in [0.25, 0.3) is 0 Å². The molecular weight excluding hydrogens is 556 g/mol. The van der Waals surface area contributed by atoms with E-state index >= 15 is 0 Å². The molecule has 0 spiro atoms. The Hall–Kier alpha value is -2.53. The third kappa shape index (κ3) is 8.85. The van der Waals surface area contributed by atoms with E-state index in [1.165, 1.54) is 11.0 Å². The molecule has 0 aliphatic rings. The Morgan fingerprint density at radius 1 is 1.06 bits per heavy atom. The van der Waals surface area contributed by atoms with Gasteiger partial charge in [0.1, 0.15) is 6.04 Å². The minimum atomic E-state index is -3.81. The predicted octanol–water partition coefficient (Wildman–Crippen LogP) is 4.61. The van der Waals surface area contributed by atoms with E-state index in [1.807, 2.05) is 31.2 Å². The molecule has 2 amide bonds. The molecule has 2 aromatic rings. The number of nitrogens with zero attached hydrogens (tertiary/aromatic N) is 2. The van der Waals surface area contributed by atoms with E-state index in [0.717, 1.165) is 45.6 Å². The van der Waals surface area contributed by atoms with E-state index in [9.17, 15) is 26.8 Å². The van der Waals surface area contributed by atoms with Crippen molar-refractivity contribution in [1.82, 2.24) is 10.2 Å². The molecule has 198 valence electrons. The number of hydrogen-bond acceptors (Lipinski definition) is 4. The van der Waals surface area contributed by atoms with Gasteiger partial charge in [0.2, 0.25) is 21.8 Å². The lowest BCUT2D eigenvalue weighted by Gasteiger charge is -2.29. The number of carbonyl (C=O) groups is 2. The highest BCUT2D eigenvalue weighted by Gasteiger charge is 2.26. The van der Waals surface area contributed by atoms with Crippen molar-refractivity contribution in [2.75, 3.05) is 23.7 Å². The first kappa shape index (κ1) is 29.7. The van der Waals surface area contributed by atoms with Crippen molar-refractivity contribution in [1.29, 1.82) is 0 Å². The summed E-state index contributed by atoms with van der Waals surface area (Å²) in [6.45, 7) is 4.27. The second-order valence-corrected chi connectivity index (χ2v) is 11.3. The smallest absolute Gasteiger partial charge is 0.242 e. The fourth-order valence-corrected chi connectivity index (χ4v) is 4.77. The van der Waals surface area contributed by atoms with E-state index in [0.29, 0.717) is 6.54 Å². The summed E-state index contributed by atoms with van der Waals surface area (Å²) in [6.07, 6.45) is 2.78. The van der Waals surface area contributed by atoms with Crippen molar-refractivity contribution in [2.24, 2.45) is 0 Å². The van der Waals surface area contributed by atoms with Crippen molar-refractivity contribution in [3.63, 3.8) is 0 Å². The Morgan fingerprint density at radius 2 is 1.72 bits per heavy atom. The van der Waals surface area contributed by atoms with Crippen LogP contribution in [0.25, 0.3) is 0 Å². The average Bonchev–Trinajstić information content (AvgIpc) is 2.82. The number of sulfonamides is 1. The first-order chi connectivity index (χ1) is 16.9. The maximum absolute atomic E-state index is 13.7. The fraction of sp³-hybridized carbons (Fsp3) is 0.440. The maximum Gasteiger partial charge on any atom is 0.242 e. The van der Waals surface area contributed by atoms with Crippen molar-refractivity contribution in [3.05, 3.63) is 64.1 Å². The van der Waals surface area contributed by atoms with Crippen molar-refractivity contribution >= 4 is 43.5 Å². The van der Waals surface area contributed by atoms with E-state index in [2.05, 4.69) is 21.2 Å². The molecule has 0 fully saturated rings. The number of carbonyl (C=O) groups excluding carboxylic acids is 2. The monoisotopic (exact) mass is 587 g/mol. The number of halogens is 3. The second kappa shape index (κ2) is 13.7. The molecule has 0 saturated carbocycles. The third-order valence-corrected chi connectivity index (χ3v) is 7.33. The fourth-order valence-electron chi connectivity index (χ4n) is 3.55. The lowest BCUT2D eigenvalue weighted by atomic mass is 10.1. The molecule has 0 aliphatic heterocycles. The Kier molecular flexibility index (Phi) is 11.3. The summed E-state index contributed by atoms with van der Waals surface area (Å²) in [4.78, 5) is 27.4. The summed E-state index contributed by atoms with van der Waals surface area (Å²) < 4.78 is 53.4. The Morgan fingerprint density at radius 3 is 2.31 bits per heavy atom. The van der Waals surface area contributed by atoms with Crippen LogP contribution in [0, 0.1) is 11.6 Å². The number of benzene rings is 2. The van der Waals surface area contributed by atoms with Crippen LogP contribution in [-0.2, 0) is 26.2 Å². The molecule has 0 heterocycles. The zero-order valence-electron chi connectivity index (χ0n) is 20.6. The van der Waals surface area contributed by atoms with E-state index in [4.69, 9.17) is 0 Å². The highest BCUT2D eigenvalue weighted by atomic mass is 79.9.